The van der Waals surface area contributed by atoms with Crippen molar-refractivity contribution < 1.29 is 15.3 Å². The lowest BCUT2D eigenvalue weighted by Gasteiger charge is -2.44. The molecule has 7 atom stereocenters. The fourth-order valence-electron chi connectivity index (χ4n) is 6.64. The van der Waals surface area contributed by atoms with Gasteiger partial charge in [-0.3, -0.25) is 0 Å². The number of aliphatic hydroxyl groups excluding tert-OH is 3. The maximum atomic E-state index is 10.3. The summed E-state index contributed by atoms with van der Waals surface area (Å²) in [6.45, 7) is 10.7. The molecule has 0 aromatic carbocycles. The Labute approximate surface area is 188 Å². The average molecular weight is 425 g/mol. The molecule has 3 heteroatoms. The Balaban J connectivity index is 1.53. The van der Waals surface area contributed by atoms with Crippen molar-refractivity contribution in [2.75, 3.05) is 0 Å². The minimum Gasteiger partial charge on any atom is -0.393 e. The molecule has 0 bridgehead atoms. The second kappa shape index (κ2) is 9.21. The first-order chi connectivity index (χ1) is 14.9. The highest BCUT2D eigenvalue weighted by Gasteiger charge is 2.51. The highest BCUT2D eigenvalue weighted by molar-refractivity contribution is 5.39. The fraction of sp³-hybridized carbons (Fsp3) is 0.643. The van der Waals surface area contributed by atoms with Gasteiger partial charge >= 0.3 is 0 Å². The maximum absolute atomic E-state index is 10.3. The van der Waals surface area contributed by atoms with E-state index in [1.807, 2.05) is 6.08 Å². The first-order valence-electron chi connectivity index (χ1n) is 12.3. The molecule has 170 valence electrons. The summed E-state index contributed by atoms with van der Waals surface area (Å²) in [7, 11) is 0. The van der Waals surface area contributed by atoms with Gasteiger partial charge in [0.2, 0.25) is 0 Å². The topological polar surface area (TPSA) is 60.7 Å². The smallest absolute Gasteiger partial charge is 0.0811 e. The number of aliphatic hydroxyl groups is 3. The van der Waals surface area contributed by atoms with Crippen molar-refractivity contribution in [3.63, 3.8) is 0 Å². The Morgan fingerprint density at radius 1 is 1.10 bits per heavy atom. The molecule has 4 rings (SSSR count). The van der Waals surface area contributed by atoms with Gasteiger partial charge in [-0.05, 0) is 91.6 Å². The molecular weight excluding hydrogens is 384 g/mol. The van der Waals surface area contributed by atoms with Crippen LogP contribution in [0.5, 0.6) is 0 Å². The van der Waals surface area contributed by atoms with Crippen LogP contribution in [0.2, 0.25) is 0 Å². The van der Waals surface area contributed by atoms with Crippen molar-refractivity contribution in [2.45, 2.75) is 83.0 Å². The second-order valence-corrected chi connectivity index (χ2v) is 10.5. The van der Waals surface area contributed by atoms with Crippen LogP contribution in [-0.2, 0) is 0 Å². The molecule has 0 amide bonds. The zero-order valence-corrected chi connectivity index (χ0v) is 19.0. The summed E-state index contributed by atoms with van der Waals surface area (Å²) in [6.07, 6.45) is 18.6. The van der Waals surface area contributed by atoms with E-state index in [1.165, 1.54) is 31.3 Å². The van der Waals surface area contributed by atoms with Gasteiger partial charge < -0.3 is 15.3 Å². The molecule has 0 aliphatic heterocycles. The van der Waals surface area contributed by atoms with Gasteiger partial charge in [0.25, 0.3) is 0 Å². The zero-order valence-electron chi connectivity index (χ0n) is 19.0. The molecule has 4 saturated carbocycles. The maximum Gasteiger partial charge on any atom is 0.0811 e. The van der Waals surface area contributed by atoms with Crippen LogP contribution < -0.4 is 0 Å². The van der Waals surface area contributed by atoms with Gasteiger partial charge in [-0.25, -0.2) is 0 Å². The highest BCUT2D eigenvalue weighted by atomic mass is 16.3. The lowest BCUT2D eigenvalue weighted by molar-refractivity contribution is 0.0862. The quantitative estimate of drug-likeness (QED) is 0.510. The molecule has 0 saturated heterocycles. The molecule has 4 aliphatic rings. The predicted molar refractivity (Wildman–Crippen MR) is 126 cm³/mol. The van der Waals surface area contributed by atoms with Crippen LogP contribution in [0.4, 0.5) is 0 Å². The van der Waals surface area contributed by atoms with Gasteiger partial charge in [-0.15, -0.1) is 6.58 Å². The molecule has 31 heavy (non-hydrogen) atoms. The molecule has 4 fully saturated rings. The summed E-state index contributed by atoms with van der Waals surface area (Å²) in [6, 6.07) is 0. The Kier molecular flexibility index (Phi) is 6.76. The second-order valence-electron chi connectivity index (χ2n) is 10.5. The van der Waals surface area contributed by atoms with Gasteiger partial charge in [-0.2, -0.15) is 0 Å². The highest BCUT2D eigenvalue weighted by Crippen LogP contribution is 2.60. The van der Waals surface area contributed by atoms with Crippen LogP contribution in [0.1, 0.15) is 64.7 Å². The number of hydrogen-bond acceptors (Lipinski definition) is 3. The van der Waals surface area contributed by atoms with E-state index in [0.717, 1.165) is 30.4 Å². The third-order valence-corrected chi connectivity index (χ3v) is 8.62. The van der Waals surface area contributed by atoms with E-state index in [0.29, 0.717) is 36.5 Å². The first kappa shape index (κ1) is 22.8. The molecule has 3 nitrogen and oxygen atoms in total. The molecule has 0 heterocycles. The Morgan fingerprint density at radius 3 is 2.58 bits per heavy atom. The van der Waals surface area contributed by atoms with Crippen molar-refractivity contribution >= 4 is 0 Å². The minimum absolute atomic E-state index is 0.124. The van der Waals surface area contributed by atoms with Gasteiger partial charge in [0.15, 0.2) is 0 Å². The number of fused-ring (bicyclic) bond motifs is 1. The van der Waals surface area contributed by atoms with Gasteiger partial charge in [0.05, 0.1) is 18.3 Å². The third-order valence-electron chi connectivity index (χ3n) is 8.62. The zero-order chi connectivity index (χ0) is 22.2. The Hall–Kier alpha value is -1.42. The fourth-order valence-corrected chi connectivity index (χ4v) is 6.64. The van der Waals surface area contributed by atoms with Crippen LogP contribution in [0.15, 0.2) is 60.3 Å². The summed E-state index contributed by atoms with van der Waals surface area (Å²) < 4.78 is 0. The monoisotopic (exact) mass is 424 g/mol. The van der Waals surface area contributed by atoms with Gasteiger partial charge in [0, 0.05) is 6.42 Å². The lowest BCUT2D eigenvalue weighted by atomic mass is 9.60. The number of rotatable bonds is 6. The van der Waals surface area contributed by atoms with E-state index >= 15 is 0 Å². The number of allylic oxidation sites excluding steroid dienone is 5. The van der Waals surface area contributed by atoms with E-state index in [-0.39, 0.29) is 11.5 Å². The van der Waals surface area contributed by atoms with Crippen LogP contribution in [-0.4, -0.2) is 33.6 Å². The summed E-state index contributed by atoms with van der Waals surface area (Å²) in [5.74, 6) is 1.98. The standard InChI is InChI=1S/C28H40O3/c1-4-28-15-5-6-20(8-11-22-16-23(29)17-27(31)19(22)3)25(28)13-12-24(28)18(2)7-14-26(30)21-9-10-21/h4,7-8,11,14,18,21,23-27,29-31H,1,3,5-6,9-10,12-13,15-17H2,2H3/b14-7+,20-8+,22-11-/t18-,23-,24-,25+,26-,27+,28-/m1/s1. The SMILES string of the molecule is C=C[C@]12CCC/C(=C\C=C3\C[C@@H](O)C[C@H](O)C3=C)[C@@H]1CC[C@@H]2[C@H](C)/C=C/[C@@H](O)C1CC1. The normalized spacial score (nSPS) is 41.0. The van der Waals surface area contributed by atoms with Crippen LogP contribution >= 0.6 is 0 Å². The Bertz CT molecular complexity index is 786. The van der Waals surface area contributed by atoms with Crippen molar-refractivity contribution in [3.8, 4) is 0 Å². The summed E-state index contributed by atoms with van der Waals surface area (Å²) in [4.78, 5) is 0. The van der Waals surface area contributed by atoms with E-state index in [1.54, 1.807) is 0 Å². The predicted octanol–water partition coefficient (Wildman–Crippen LogP) is 5.26. The molecule has 0 aromatic rings. The number of hydrogen-bond donors (Lipinski definition) is 3. The van der Waals surface area contributed by atoms with E-state index in [2.05, 4.69) is 44.4 Å². The van der Waals surface area contributed by atoms with E-state index < -0.39 is 12.2 Å². The lowest BCUT2D eigenvalue weighted by Crippen LogP contribution is -2.36. The Morgan fingerprint density at radius 2 is 1.87 bits per heavy atom. The van der Waals surface area contributed by atoms with Crippen molar-refractivity contribution in [3.05, 3.63) is 60.3 Å². The average Bonchev–Trinajstić information content (AvgIpc) is 3.53. The van der Waals surface area contributed by atoms with Crippen LogP contribution in [0.25, 0.3) is 0 Å². The molecule has 0 aromatic heterocycles. The summed E-state index contributed by atoms with van der Waals surface area (Å²) in [5.41, 5.74) is 3.34. The van der Waals surface area contributed by atoms with Crippen molar-refractivity contribution in [1.82, 2.24) is 0 Å². The molecular formula is C28H40O3. The third kappa shape index (κ3) is 4.55. The molecule has 0 unspecified atom stereocenters. The van der Waals surface area contributed by atoms with Crippen LogP contribution in [0.3, 0.4) is 0 Å². The van der Waals surface area contributed by atoms with E-state index in [9.17, 15) is 15.3 Å². The summed E-state index contributed by atoms with van der Waals surface area (Å²) >= 11 is 0. The van der Waals surface area contributed by atoms with Gasteiger partial charge in [0.1, 0.15) is 0 Å². The van der Waals surface area contributed by atoms with Crippen molar-refractivity contribution in [1.29, 1.82) is 0 Å². The molecule has 0 radical (unpaired) electrons. The molecule has 0 spiro atoms. The minimum atomic E-state index is -0.637. The molecule has 4 aliphatic carbocycles. The van der Waals surface area contributed by atoms with Gasteiger partial charge in [-0.1, -0.05) is 49.5 Å². The van der Waals surface area contributed by atoms with Crippen LogP contribution in [0, 0.1) is 29.1 Å². The largest absolute Gasteiger partial charge is 0.393 e. The first-order valence-corrected chi connectivity index (χ1v) is 12.3. The van der Waals surface area contributed by atoms with E-state index in [4.69, 9.17) is 0 Å². The summed E-state index contributed by atoms with van der Waals surface area (Å²) in [5, 5.41) is 30.5. The van der Waals surface area contributed by atoms with Crippen molar-refractivity contribution in [2.24, 2.45) is 29.1 Å². The molecule has 3 N–H and O–H groups in total.